The fourth-order valence-electron chi connectivity index (χ4n) is 2.63. The molecule has 25 heavy (non-hydrogen) atoms. The number of aromatic amines is 1. The van der Waals surface area contributed by atoms with Crippen LogP contribution in [0.3, 0.4) is 0 Å². The predicted octanol–water partition coefficient (Wildman–Crippen LogP) is 2.06. The summed E-state index contributed by atoms with van der Waals surface area (Å²) in [6.07, 6.45) is 1.54. The Labute approximate surface area is 142 Å². The number of nitrogens with zero attached hydrogens (tertiary/aromatic N) is 3. The van der Waals surface area contributed by atoms with Crippen LogP contribution in [0.5, 0.6) is 0 Å². The number of hydrogen-bond acceptors (Lipinski definition) is 5. The maximum Gasteiger partial charge on any atom is 0.321 e. The molecule has 0 spiro atoms. The molecule has 8 nitrogen and oxygen atoms in total. The van der Waals surface area contributed by atoms with E-state index in [4.69, 9.17) is 4.52 Å². The first-order valence-corrected chi connectivity index (χ1v) is 7.83. The molecule has 0 unspecified atom stereocenters. The highest BCUT2D eigenvalue weighted by molar-refractivity contribution is 5.89. The Morgan fingerprint density at radius 2 is 2.00 bits per heavy atom. The lowest BCUT2D eigenvalue weighted by molar-refractivity contribution is 0.147. The molecule has 0 bridgehead atoms. The summed E-state index contributed by atoms with van der Waals surface area (Å²) < 4.78 is 5.25. The van der Waals surface area contributed by atoms with Crippen LogP contribution < -0.4 is 10.9 Å². The third-order valence-electron chi connectivity index (χ3n) is 4.04. The second-order valence-corrected chi connectivity index (χ2v) is 5.77. The van der Waals surface area contributed by atoms with Gasteiger partial charge >= 0.3 is 6.03 Å². The molecule has 1 saturated heterocycles. The molecule has 1 aliphatic rings. The van der Waals surface area contributed by atoms with E-state index in [1.54, 1.807) is 23.2 Å². The standard InChI is InChI=1S/C17H15N5O3/c23-15-13(7-4-8-18-15)14-20-16(25-21-14)11-9-22(10-11)17(24)19-12-5-2-1-3-6-12/h1-8,11H,9-10H2,(H,18,23)(H,19,24). The van der Waals surface area contributed by atoms with Gasteiger partial charge in [0.2, 0.25) is 11.7 Å². The van der Waals surface area contributed by atoms with Crippen LogP contribution in [-0.2, 0) is 0 Å². The Morgan fingerprint density at radius 1 is 1.20 bits per heavy atom. The normalized spacial score (nSPS) is 14.2. The van der Waals surface area contributed by atoms with Crippen LogP contribution in [0.15, 0.2) is 58.0 Å². The number of aromatic nitrogens is 3. The quantitative estimate of drug-likeness (QED) is 0.761. The van der Waals surface area contributed by atoms with Gasteiger partial charge in [0.1, 0.15) is 0 Å². The fraction of sp³-hybridized carbons (Fsp3) is 0.176. The predicted molar refractivity (Wildman–Crippen MR) is 90.1 cm³/mol. The Hall–Kier alpha value is -3.42. The van der Waals surface area contributed by atoms with Crippen molar-refractivity contribution in [3.05, 3.63) is 64.9 Å². The number of amides is 2. The van der Waals surface area contributed by atoms with E-state index in [1.807, 2.05) is 30.3 Å². The molecule has 0 aliphatic carbocycles. The number of benzene rings is 1. The zero-order chi connectivity index (χ0) is 17.2. The molecule has 1 fully saturated rings. The van der Waals surface area contributed by atoms with Crippen LogP contribution in [0.25, 0.3) is 11.4 Å². The van der Waals surface area contributed by atoms with E-state index in [1.165, 1.54) is 0 Å². The van der Waals surface area contributed by atoms with E-state index in [0.717, 1.165) is 5.69 Å². The van der Waals surface area contributed by atoms with Gasteiger partial charge < -0.3 is 19.7 Å². The Bertz CT molecular complexity index is 944. The van der Waals surface area contributed by atoms with Crippen molar-refractivity contribution < 1.29 is 9.32 Å². The monoisotopic (exact) mass is 337 g/mol. The first-order chi connectivity index (χ1) is 12.2. The summed E-state index contributed by atoms with van der Waals surface area (Å²) >= 11 is 0. The topological polar surface area (TPSA) is 104 Å². The first-order valence-electron chi connectivity index (χ1n) is 7.83. The van der Waals surface area contributed by atoms with Gasteiger partial charge in [-0.2, -0.15) is 4.98 Å². The summed E-state index contributed by atoms with van der Waals surface area (Å²) in [5, 5.41) is 6.69. The SMILES string of the molecule is O=C(Nc1ccccc1)N1CC(c2nc(-c3ccc[nH]c3=O)no2)C1. The van der Waals surface area contributed by atoms with Crippen LogP contribution in [0.1, 0.15) is 11.8 Å². The number of rotatable bonds is 3. The molecule has 0 atom stereocenters. The van der Waals surface area contributed by atoms with E-state index in [2.05, 4.69) is 20.4 Å². The minimum atomic E-state index is -0.271. The van der Waals surface area contributed by atoms with E-state index in [-0.39, 0.29) is 23.3 Å². The molecule has 1 aromatic carbocycles. The number of urea groups is 1. The summed E-state index contributed by atoms with van der Waals surface area (Å²) in [6.45, 7) is 0.983. The molecule has 3 heterocycles. The van der Waals surface area contributed by atoms with E-state index in [0.29, 0.717) is 24.5 Å². The highest BCUT2D eigenvalue weighted by Gasteiger charge is 2.35. The van der Waals surface area contributed by atoms with Gasteiger partial charge in [-0.25, -0.2) is 4.79 Å². The minimum Gasteiger partial charge on any atom is -0.339 e. The van der Waals surface area contributed by atoms with E-state index >= 15 is 0 Å². The zero-order valence-corrected chi connectivity index (χ0v) is 13.2. The van der Waals surface area contributed by atoms with Crippen molar-refractivity contribution >= 4 is 11.7 Å². The van der Waals surface area contributed by atoms with Crippen molar-refractivity contribution in [2.24, 2.45) is 0 Å². The molecular formula is C17H15N5O3. The average Bonchev–Trinajstić information content (AvgIpc) is 3.04. The van der Waals surface area contributed by atoms with Gasteiger partial charge in [-0.15, -0.1) is 0 Å². The number of anilines is 1. The van der Waals surface area contributed by atoms with E-state index in [9.17, 15) is 9.59 Å². The molecule has 2 amide bonds. The molecule has 8 heteroatoms. The van der Waals surface area contributed by atoms with E-state index < -0.39 is 0 Å². The summed E-state index contributed by atoms with van der Waals surface area (Å²) in [4.78, 5) is 32.4. The third kappa shape index (κ3) is 3.01. The van der Waals surface area contributed by atoms with Gasteiger partial charge in [0, 0.05) is 25.0 Å². The molecular weight excluding hydrogens is 322 g/mol. The molecule has 4 rings (SSSR count). The van der Waals surface area contributed by atoms with Gasteiger partial charge in [-0.1, -0.05) is 23.4 Å². The number of para-hydroxylation sites is 1. The van der Waals surface area contributed by atoms with Gasteiger partial charge in [0.15, 0.2) is 0 Å². The highest BCUT2D eigenvalue weighted by Crippen LogP contribution is 2.27. The fourth-order valence-corrected chi connectivity index (χ4v) is 2.63. The van der Waals surface area contributed by atoms with Crippen molar-refractivity contribution in [3.8, 4) is 11.4 Å². The Balaban J connectivity index is 1.39. The van der Waals surface area contributed by atoms with Gasteiger partial charge in [0.25, 0.3) is 5.56 Å². The largest absolute Gasteiger partial charge is 0.339 e. The first kappa shape index (κ1) is 15.1. The maximum absolute atomic E-state index is 12.1. The number of carbonyl (C=O) groups is 1. The minimum absolute atomic E-state index is 0.0226. The number of pyridine rings is 1. The molecule has 2 aromatic heterocycles. The Morgan fingerprint density at radius 3 is 2.76 bits per heavy atom. The lowest BCUT2D eigenvalue weighted by Gasteiger charge is -2.36. The van der Waals surface area contributed by atoms with Gasteiger partial charge in [-0.3, -0.25) is 4.79 Å². The van der Waals surface area contributed by atoms with Crippen LogP contribution in [0.2, 0.25) is 0 Å². The molecule has 1 aliphatic heterocycles. The summed E-state index contributed by atoms with van der Waals surface area (Å²) in [5.74, 6) is 0.664. The smallest absolute Gasteiger partial charge is 0.321 e. The second kappa shape index (κ2) is 6.23. The van der Waals surface area contributed by atoms with Crippen LogP contribution in [0, 0.1) is 0 Å². The summed E-state index contributed by atoms with van der Waals surface area (Å²) in [6, 6.07) is 12.4. The van der Waals surface area contributed by atoms with Gasteiger partial charge in [0.05, 0.1) is 11.5 Å². The molecule has 0 radical (unpaired) electrons. The number of carbonyl (C=O) groups excluding carboxylic acids is 1. The molecule has 3 aromatic rings. The van der Waals surface area contributed by atoms with Crippen molar-refractivity contribution in [1.29, 1.82) is 0 Å². The highest BCUT2D eigenvalue weighted by atomic mass is 16.5. The van der Waals surface area contributed by atoms with Crippen molar-refractivity contribution in [2.45, 2.75) is 5.92 Å². The molecule has 126 valence electrons. The van der Waals surface area contributed by atoms with Gasteiger partial charge in [-0.05, 0) is 24.3 Å². The maximum atomic E-state index is 12.1. The van der Waals surface area contributed by atoms with Crippen molar-refractivity contribution in [2.75, 3.05) is 18.4 Å². The number of H-pyrrole nitrogens is 1. The second-order valence-electron chi connectivity index (χ2n) is 5.77. The summed E-state index contributed by atoms with van der Waals surface area (Å²) in [5.41, 5.74) is 0.835. The molecule has 2 N–H and O–H groups in total. The van der Waals surface area contributed by atoms with Crippen LogP contribution in [-0.4, -0.2) is 39.1 Å². The van der Waals surface area contributed by atoms with Crippen molar-refractivity contribution in [1.82, 2.24) is 20.0 Å². The zero-order valence-electron chi connectivity index (χ0n) is 13.2. The third-order valence-corrected chi connectivity index (χ3v) is 4.04. The Kier molecular flexibility index (Phi) is 3.77. The lowest BCUT2D eigenvalue weighted by Crippen LogP contribution is -2.50. The van der Waals surface area contributed by atoms with Crippen LogP contribution >= 0.6 is 0 Å². The number of likely N-dealkylation sites (tertiary alicyclic amines) is 1. The van der Waals surface area contributed by atoms with Crippen molar-refractivity contribution in [3.63, 3.8) is 0 Å². The number of nitrogens with one attached hydrogen (secondary N) is 2. The lowest BCUT2D eigenvalue weighted by atomic mass is 10.0. The summed E-state index contributed by atoms with van der Waals surface area (Å²) in [7, 11) is 0. The average molecular weight is 337 g/mol. The molecule has 0 saturated carbocycles. The number of hydrogen-bond donors (Lipinski definition) is 2. The van der Waals surface area contributed by atoms with Crippen LogP contribution in [0.4, 0.5) is 10.5 Å².